The average molecular weight is 459 g/mol. The molecule has 0 bridgehead atoms. The number of rotatable bonds is 11. The molecule has 0 heterocycles. The molecule has 186 valence electrons. The fraction of sp³-hybridized carbons (Fsp3) is 0.647. The van der Waals surface area contributed by atoms with Crippen LogP contribution in [0.4, 0.5) is 0 Å². The van der Waals surface area contributed by atoms with Gasteiger partial charge in [-0.25, -0.2) is 0 Å². The van der Waals surface area contributed by atoms with Gasteiger partial charge in [-0.1, -0.05) is 127 Å². The van der Waals surface area contributed by atoms with Crippen LogP contribution in [0, 0.1) is 17.8 Å². The minimum Gasteiger partial charge on any atom is -0.0654 e. The average Bonchev–Trinajstić information content (AvgIpc) is 2.89. The molecular formula is C34H50. The summed E-state index contributed by atoms with van der Waals surface area (Å²) in [5.74, 6) is 3.84. The lowest BCUT2D eigenvalue weighted by molar-refractivity contribution is 0.248. The van der Waals surface area contributed by atoms with E-state index < -0.39 is 0 Å². The van der Waals surface area contributed by atoms with Gasteiger partial charge in [0, 0.05) is 0 Å². The predicted molar refractivity (Wildman–Crippen MR) is 149 cm³/mol. The second kappa shape index (κ2) is 13.5. The Hall–Kier alpha value is -1.56. The Bertz CT molecular complexity index is 798. The van der Waals surface area contributed by atoms with E-state index in [2.05, 4.69) is 62.4 Å². The molecule has 0 spiro atoms. The first-order valence-electron chi connectivity index (χ1n) is 14.9. The van der Waals surface area contributed by atoms with E-state index in [4.69, 9.17) is 0 Å². The molecule has 2 aliphatic rings. The van der Waals surface area contributed by atoms with Gasteiger partial charge in [0.2, 0.25) is 0 Å². The third-order valence-electron chi connectivity index (χ3n) is 9.20. The molecule has 2 aromatic rings. The molecule has 0 heteroatoms. The Labute approximate surface area is 211 Å². The van der Waals surface area contributed by atoms with Crippen molar-refractivity contribution in [1.82, 2.24) is 0 Å². The van der Waals surface area contributed by atoms with Crippen molar-refractivity contribution in [2.75, 3.05) is 0 Å². The lowest BCUT2D eigenvalue weighted by Gasteiger charge is -2.28. The zero-order valence-electron chi connectivity index (χ0n) is 22.2. The van der Waals surface area contributed by atoms with Crippen LogP contribution in [0.5, 0.6) is 0 Å². The van der Waals surface area contributed by atoms with Gasteiger partial charge < -0.3 is 0 Å². The smallest absolute Gasteiger partial charge is 0.0162 e. The number of aryl methyl sites for hydroxylation is 1. The summed E-state index contributed by atoms with van der Waals surface area (Å²) in [5.41, 5.74) is 5.81. The molecule has 0 aliphatic heterocycles. The van der Waals surface area contributed by atoms with Gasteiger partial charge >= 0.3 is 0 Å². The lowest BCUT2D eigenvalue weighted by atomic mass is 9.77. The molecule has 0 nitrogen and oxygen atoms in total. The standard InChI is InChI=1S/C34H50/c1-3-7-27-11-13-29(14-12-27)9-5-6-10-30-17-21-32(22-18-30)34-25-23-33(24-26-34)31-19-15-28(8-4-2)16-20-31/h17-18,21-29,31H,3-16,19-20H2,1-2H3. The fourth-order valence-electron chi connectivity index (χ4n) is 6.98. The van der Waals surface area contributed by atoms with E-state index in [1.807, 2.05) is 0 Å². The second-order valence-corrected chi connectivity index (χ2v) is 11.7. The molecular weight excluding hydrogens is 408 g/mol. The van der Waals surface area contributed by atoms with Gasteiger partial charge in [0.15, 0.2) is 0 Å². The molecule has 0 amide bonds. The van der Waals surface area contributed by atoms with Crippen LogP contribution in [0.1, 0.15) is 127 Å². The van der Waals surface area contributed by atoms with E-state index in [1.165, 1.54) is 119 Å². The molecule has 0 atom stereocenters. The molecule has 4 rings (SSSR count). The van der Waals surface area contributed by atoms with E-state index in [0.717, 1.165) is 23.7 Å². The molecule has 2 fully saturated rings. The van der Waals surface area contributed by atoms with Gasteiger partial charge in [0.25, 0.3) is 0 Å². The highest BCUT2D eigenvalue weighted by Gasteiger charge is 2.22. The Kier molecular flexibility index (Phi) is 10.1. The van der Waals surface area contributed by atoms with Gasteiger partial charge in [-0.15, -0.1) is 0 Å². The van der Waals surface area contributed by atoms with Crippen molar-refractivity contribution in [3.63, 3.8) is 0 Å². The van der Waals surface area contributed by atoms with Crippen LogP contribution in [0.2, 0.25) is 0 Å². The number of unbranched alkanes of at least 4 members (excludes halogenated alkanes) is 1. The van der Waals surface area contributed by atoms with Crippen LogP contribution >= 0.6 is 0 Å². The van der Waals surface area contributed by atoms with Crippen molar-refractivity contribution in [3.05, 3.63) is 59.7 Å². The van der Waals surface area contributed by atoms with Gasteiger partial charge in [-0.05, 0) is 84.5 Å². The monoisotopic (exact) mass is 458 g/mol. The van der Waals surface area contributed by atoms with Gasteiger partial charge in [-0.3, -0.25) is 0 Å². The molecule has 2 aromatic carbocycles. The maximum absolute atomic E-state index is 2.41. The summed E-state index contributed by atoms with van der Waals surface area (Å²) in [4.78, 5) is 0. The SMILES string of the molecule is CCCC1CCC(CCCCc2ccc(-c3ccc(C4CCC(CCC)CC4)cc3)cc2)CC1. The van der Waals surface area contributed by atoms with Crippen molar-refractivity contribution in [2.45, 2.75) is 122 Å². The topological polar surface area (TPSA) is 0 Å². The van der Waals surface area contributed by atoms with Crippen LogP contribution in [0.3, 0.4) is 0 Å². The molecule has 0 aromatic heterocycles. The quantitative estimate of drug-likeness (QED) is 0.294. The number of benzene rings is 2. The lowest BCUT2D eigenvalue weighted by Crippen LogP contribution is -2.14. The van der Waals surface area contributed by atoms with Crippen molar-refractivity contribution in [3.8, 4) is 11.1 Å². The predicted octanol–water partition coefficient (Wildman–Crippen LogP) is 10.7. The maximum Gasteiger partial charge on any atom is -0.0162 e. The Morgan fingerprint density at radius 2 is 1.00 bits per heavy atom. The summed E-state index contributed by atoms with van der Waals surface area (Å²) >= 11 is 0. The van der Waals surface area contributed by atoms with Crippen molar-refractivity contribution in [1.29, 1.82) is 0 Å². The molecule has 0 radical (unpaired) electrons. The Morgan fingerprint density at radius 1 is 0.529 bits per heavy atom. The highest BCUT2D eigenvalue weighted by Crippen LogP contribution is 2.38. The minimum atomic E-state index is 0.788. The first-order chi connectivity index (χ1) is 16.7. The first kappa shape index (κ1) is 25.5. The van der Waals surface area contributed by atoms with E-state index in [0.29, 0.717) is 0 Å². The van der Waals surface area contributed by atoms with Crippen LogP contribution in [-0.4, -0.2) is 0 Å². The Morgan fingerprint density at radius 3 is 1.53 bits per heavy atom. The minimum absolute atomic E-state index is 0.788. The summed E-state index contributed by atoms with van der Waals surface area (Å²) < 4.78 is 0. The van der Waals surface area contributed by atoms with Crippen LogP contribution in [-0.2, 0) is 6.42 Å². The normalized spacial score (nSPS) is 25.4. The molecule has 0 unspecified atom stereocenters. The molecule has 2 saturated carbocycles. The third kappa shape index (κ3) is 7.47. The molecule has 0 N–H and O–H groups in total. The van der Waals surface area contributed by atoms with E-state index in [-0.39, 0.29) is 0 Å². The van der Waals surface area contributed by atoms with Gasteiger partial charge in [-0.2, -0.15) is 0 Å². The van der Waals surface area contributed by atoms with Crippen LogP contribution in [0.15, 0.2) is 48.5 Å². The zero-order chi connectivity index (χ0) is 23.6. The van der Waals surface area contributed by atoms with E-state index in [9.17, 15) is 0 Å². The number of hydrogen-bond donors (Lipinski definition) is 0. The highest BCUT2D eigenvalue weighted by molar-refractivity contribution is 5.64. The van der Waals surface area contributed by atoms with E-state index in [1.54, 1.807) is 5.56 Å². The van der Waals surface area contributed by atoms with Gasteiger partial charge in [0.05, 0.1) is 0 Å². The van der Waals surface area contributed by atoms with E-state index >= 15 is 0 Å². The van der Waals surface area contributed by atoms with Crippen molar-refractivity contribution in [2.24, 2.45) is 17.8 Å². The summed E-state index contributed by atoms with van der Waals surface area (Å²) in [6, 6.07) is 19.0. The summed E-state index contributed by atoms with van der Waals surface area (Å²) in [5, 5.41) is 0. The zero-order valence-corrected chi connectivity index (χ0v) is 22.2. The van der Waals surface area contributed by atoms with Crippen molar-refractivity contribution >= 4 is 0 Å². The van der Waals surface area contributed by atoms with Crippen LogP contribution < -0.4 is 0 Å². The van der Waals surface area contributed by atoms with Crippen LogP contribution in [0.25, 0.3) is 11.1 Å². The van der Waals surface area contributed by atoms with Gasteiger partial charge in [0.1, 0.15) is 0 Å². The summed E-state index contributed by atoms with van der Waals surface area (Å²) in [6.07, 6.45) is 22.7. The molecule has 2 aliphatic carbocycles. The van der Waals surface area contributed by atoms with Crippen molar-refractivity contribution < 1.29 is 0 Å². The summed E-state index contributed by atoms with van der Waals surface area (Å²) in [7, 11) is 0. The highest BCUT2D eigenvalue weighted by atomic mass is 14.3. The Balaban J connectivity index is 1.18. The fourth-order valence-corrected chi connectivity index (χ4v) is 6.98. The second-order valence-electron chi connectivity index (χ2n) is 11.7. The number of hydrogen-bond acceptors (Lipinski definition) is 0. The summed E-state index contributed by atoms with van der Waals surface area (Å²) in [6.45, 7) is 4.67. The third-order valence-corrected chi connectivity index (χ3v) is 9.20. The largest absolute Gasteiger partial charge is 0.0654 e. The molecule has 0 saturated heterocycles. The first-order valence-corrected chi connectivity index (χ1v) is 14.9. The maximum atomic E-state index is 2.41. The molecule has 34 heavy (non-hydrogen) atoms.